The summed E-state index contributed by atoms with van der Waals surface area (Å²) in [6, 6.07) is 18.1. The quantitative estimate of drug-likeness (QED) is 0.417. The first-order chi connectivity index (χ1) is 16.0. The third-order valence-corrected chi connectivity index (χ3v) is 6.79. The van der Waals surface area contributed by atoms with E-state index >= 15 is 0 Å². The number of para-hydroxylation sites is 1. The first-order valence-electron chi connectivity index (χ1n) is 10.2. The average molecular weight is 456 g/mol. The number of fused-ring (bicyclic) bond motifs is 3. The van der Waals surface area contributed by atoms with Crippen molar-refractivity contribution in [2.45, 2.75) is 6.04 Å². The van der Waals surface area contributed by atoms with Crippen molar-refractivity contribution in [3.8, 4) is 11.5 Å². The summed E-state index contributed by atoms with van der Waals surface area (Å²) in [6.45, 7) is 0. The van der Waals surface area contributed by atoms with Crippen LogP contribution in [0.4, 0.5) is 5.13 Å². The van der Waals surface area contributed by atoms with E-state index < -0.39 is 11.9 Å². The van der Waals surface area contributed by atoms with Gasteiger partial charge in [-0.05, 0) is 48.0 Å². The van der Waals surface area contributed by atoms with E-state index in [-0.39, 0.29) is 22.5 Å². The summed E-state index contributed by atoms with van der Waals surface area (Å²) in [7, 11) is 1.59. The number of rotatable bonds is 3. The van der Waals surface area contributed by atoms with Crippen molar-refractivity contribution >= 4 is 43.6 Å². The molecule has 0 saturated heterocycles. The predicted molar refractivity (Wildman–Crippen MR) is 125 cm³/mol. The summed E-state index contributed by atoms with van der Waals surface area (Å²) < 4.78 is 12.1. The molecule has 3 heterocycles. The van der Waals surface area contributed by atoms with Gasteiger partial charge in [-0.15, -0.1) is 0 Å². The fourth-order valence-corrected chi connectivity index (χ4v) is 5.23. The number of ether oxygens (including phenoxy) is 1. The summed E-state index contributed by atoms with van der Waals surface area (Å²) in [6.07, 6.45) is 0. The lowest BCUT2D eigenvalue weighted by atomic mass is 9.98. The van der Waals surface area contributed by atoms with Crippen molar-refractivity contribution < 1.29 is 19.1 Å². The number of phenolic OH excluding ortho intramolecular Hbond substituents is 1. The molecule has 7 nitrogen and oxygen atoms in total. The maximum atomic E-state index is 13.6. The molecule has 33 heavy (non-hydrogen) atoms. The molecule has 1 aliphatic heterocycles. The number of phenols is 1. The van der Waals surface area contributed by atoms with Gasteiger partial charge in [0.15, 0.2) is 10.6 Å². The Hall–Kier alpha value is -4.17. The molecular formula is C25H16N2O5S. The Bertz CT molecular complexity index is 1620. The predicted octanol–water partition coefficient (Wildman–Crippen LogP) is 4.87. The lowest BCUT2D eigenvalue weighted by Crippen LogP contribution is -2.29. The van der Waals surface area contributed by atoms with E-state index in [1.165, 1.54) is 28.4 Å². The Morgan fingerprint density at radius 3 is 2.64 bits per heavy atom. The summed E-state index contributed by atoms with van der Waals surface area (Å²) in [5.41, 5.74) is 1.74. The van der Waals surface area contributed by atoms with Crippen molar-refractivity contribution in [2.24, 2.45) is 0 Å². The fraction of sp³-hybridized carbons (Fsp3) is 0.0800. The van der Waals surface area contributed by atoms with E-state index in [1.807, 2.05) is 18.2 Å². The van der Waals surface area contributed by atoms with E-state index in [4.69, 9.17) is 9.15 Å². The molecule has 5 aromatic rings. The normalized spacial score (nSPS) is 15.4. The number of methoxy groups -OCH3 is 1. The van der Waals surface area contributed by atoms with Gasteiger partial charge in [0.1, 0.15) is 17.1 Å². The third kappa shape index (κ3) is 2.91. The molecule has 1 atom stereocenters. The molecule has 1 amide bonds. The van der Waals surface area contributed by atoms with Gasteiger partial charge in [-0.25, -0.2) is 4.98 Å². The number of aromatic hydroxyl groups is 1. The molecule has 0 saturated carbocycles. The Morgan fingerprint density at radius 1 is 1.06 bits per heavy atom. The molecule has 6 rings (SSSR count). The van der Waals surface area contributed by atoms with Crippen LogP contribution in [0.2, 0.25) is 0 Å². The van der Waals surface area contributed by atoms with Crippen LogP contribution < -0.4 is 15.1 Å². The first kappa shape index (κ1) is 19.5. The molecule has 1 N–H and O–H groups in total. The Morgan fingerprint density at radius 2 is 1.85 bits per heavy atom. The third-order valence-electron chi connectivity index (χ3n) is 5.78. The summed E-state index contributed by atoms with van der Waals surface area (Å²) in [5, 5.41) is 10.6. The summed E-state index contributed by atoms with van der Waals surface area (Å²) in [4.78, 5) is 33.3. The SMILES string of the molecule is COc1ccc2nc(N3C(=O)c4oc5ccccc5c(=O)c4[C@@H]3c3ccc(O)cc3)sc2c1. The highest BCUT2D eigenvalue weighted by atomic mass is 32.1. The van der Waals surface area contributed by atoms with Crippen molar-refractivity contribution in [3.05, 3.63) is 93.8 Å². The second-order valence-electron chi connectivity index (χ2n) is 7.67. The minimum Gasteiger partial charge on any atom is -0.508 e. The minimum absolute atomic E-state index is 0.00797. The average Bonchev–Trinajstić information content (AvgIpc) is 3.38. The lowest BCUT2D eigenvalue weighted by Gasteiger charge is -2.22. The number of carbonyl (C=O) groups is 1. The minimum atomic E-state index is -0.739. The van der Waals surface area contributed by atoms with Crippen LogP contribution in [-0.4, -0.2) is 23.1 Å². The van der Waals surface area contributed by atoms with E-state index in [0.29, 0.717) is 32.9 Å². The topological polar surface area (TPSA) is 92.9 Å². The number of hydrogen-bond acceptors (Lipinski definition) is 7. The van der Waals surface area contributed by atoms with Crippen molar-refractivity contribution in [1.82, 2.24) is 4.98 Å². The molecule has 0 unspecified atom stereocenters. The number of nitrogens with zero attached hydrogens (tertiary/aromatic N) is 2. The summed E-state index contributed by atoms with van der Waals surface area (Å²) >= 11 is 1.33. The van der Waals surface area contributed by atoms with Gasteiger partial charge in [-0.1, -0.05) is 35.6 Å². The number of hydrogen-bond donors (Lipinski definition) is 1. The van der Waals surface area contributed by atoms with Crippen LogP contribution in [0.3, 0.4) is 0 Å². The van der Waals surface area contributed by atoms with E-state index in [9.17, 15) is 14.7 Å². The Balaban J connectivity index is 1.62. The molecular weight excluding hydrogens is 440 g/mol. The second-order valence-corrected chi connectivity index (χ2v) is 8.68. The van der Waals surface area contributed by atoms with Crippen LogP contribution in [0.25, 0.3) is 21.2 Å². The maximum Gasteiger partial charge on any atom is 0.297 e. The van der Waals surface area contributed by atoms with E-state index in [2.05, 4.69) is 4.98 Å². The molecule has 0 fully saturated rings. The number of benzene rings is 3. The highest BCUT2D eigenvalue weighted by Crippen LogP contribution is 2.44. The Kier molecular flexibility index (Phi) is 4.24. The smallest absolute Gasteiger partial charge is 0.297 e. The molecule has 162 valence electrons. The molecule has 0 aliphatic carbocycles. The number of anilines is 1. The number of aromatic nitrogens is 1. The van der Waals surface area contributed by atoms with Gasteiger partial charge in [0.05, 0.1) is 34.3 Å². The standard InChI is InChI=1S/C25H16N2O5S/c1-31-15-10-11-17-19(12-15)33-25(26-17)27-21(13-6-8-14(28)9-7-13)20-22(29)16-4-2-3-5-18(16)32-23(20)24(27)30/h2-12,21,28H,1H3/t21-/m0/s1. The first-order valence-corrected chi connectivity index (χ1v) is 11.0. The van der Waals surface area contributed by atoms with Crippen LogP contribution in [0.15, 0.2) is 75.9 Å². The zero-order valence-electron chi connectivity index (χ0n) is 17.3. The molecule has 2 aromatic heterocycles. The summed E-state index contributed by atoms with van der Waals surface area (Å²) in [5.74, 6) is 0.352. The van der Waals surface area contributed by atoms with Crippen LogP contribution in [0.1, 0.15) is 27.7 Å². The number of carbonyl (C=O) groups excluding carboxylic acids is 1. The van der Waals surface area contributed by atoms with Crippen molar-refractivity contribution in [3.63, 3.8) is 0 Å². The van der Waals surface area contributed by atoms with E-state index in [0.717, 1.165) is 4.70 Å². The lowest BCUT2D eigenvalue weighted by molar-refractivity contribution is 0.0971. The molecule has 1 aliphatic rings. The molecule has 0 radical (unpaired) electrons. The molecule has 8 heteroatoms. The van der Waals surface area contributed by atoms with Crippen LogP contribution >= 0.6 is 11.3 Å². The largest absolute Gasteiger partial charge is 0.508 e. The zero-order valence-corrected chi connectivity index (χ0v) is 18.1. The fourth-order valence-electron chi connectivity index (χ4n) is 4.21. The molecule has 0 bridgehead atoms. The van der Waals surface area contributed by atoms with Gasteiger partial charge in [0, 0.05) is 0 Å². The zero-order chi connectivity index (χ0) is 22.7. The number of amides is 1. The van der Waals surface area contributed by atoms with Gasteiger partial charge in [0.25, 0.3) is 5.91 Å². The van der Waals surface area contributed by atoms with Crippen LogP contribution in [0.5, 0.6) is 11.5 Å². The monoisotopic (exact) mass is 456 g/mol. The molecule has 0 spiro atoms. The second kappa shape index (κ2) is 7.18. The van der Waals surface area contributed by atoms with Crippen molar-refractivity contribution in [2.75, 3.05) is 12.0 Å². The number of thiazole rings is 1. The van der Waals surface area contributed by atoms with Gasteiger partial charge in [-0.3, -0.25) is 14.5 Å². The highest BCUT2D eigenvalue weighted by Gasteiger charge is 2.45. The van der Waals surface area contributed by atoms with Crippen molar-refractivity contribution in [1.29, 1.82) is 0 Å². The Labute approximate surface area is 191 Å². The van der Waals surface area contributed by atoms with Crippen LogP contribution in [0, 0.1) is 0 Å². The highest BCUT2D eigenvalue weighted by molar-refractivity contribution is 7.22. The van der Waals surface area contributed by atoms with E-state index in [1.54, 1.807) is 43.5 Å². The van der Waals surface area contributed by atoms with Gasteiger partial charge in [-0.2, -0.15) is 0 Å². The molecule has 3 aromatic carbocycles. The van der Waals surface area contributed by atoms with Gasteiger partial charge >= 0.3 is 0 Å². The maximum absolute atomic E-state index is 13.6. The van der Waals surface area contributed by atoms with Gasteiger partial charge < -0.3 is 14.3 Å². The van der Waals surface area contributed by atoms with Gasteiger partial charge in [0.2, 0.25) is 5.76 Å². The van der Waals surface area contributed by atoms with Crippen LogP contribution in [-0.2, 0) is 0 Å².